The Morgan fingerprint density at radius 3 is 2.94 bits per heavy atom. The molecule has 5 heterocycles. The molecule has 2 aliphatic heterocycles. The Morgan fingerprint density at radius 1 is 1.26 bits per heavy atom. The van der Waals surface area contributed by atoms with E-state index in [4.69, 9.17) is 4.74 Å². The van der Waals surface area contributed by atoms with Gasteiger partial charge in [-0.3, -0.25) is 4.79 Å². The Kier molecular flexibility index (Phi) is 6.81. The zero-order valence-corrected chi connectivity index (χ0v) is 20.3. The first-order chi connectivity index (χ1) is 17.0. The van der Waals surface area contributed by atoms with Crippen molar-refractivity contribution < 1.29 is 13.9 Å². The fraction of sp³-hybridized carbons (Fsp3) is 0.520. The number of carbonyl (C=O) groups excluding carboxylic acids is 1. The number of fused-ring (bicyclic) bond motifs is 1. The lowest BCUT2D eigenvalue weighted by Gasteiger charge is -2.39. The number of halogens is 1. The molecule has 0 bridgehead atoms. The number of anilines is 2. The Hall–Kier alpha value is -3.27. The summed E-state index contributed by atoms with van der Waals surface area (Å²) >= 11 is 0. The van der Waals surface area contributed by atoms with E-state index < -0.39 is 11.7 Å². The van der Waals surface area contributed by atoms with E-state index in [1.807, 2.05) is 6.92 Å². The van der Waals surface area contributed by atoms with Gasteiger partial charge in [0.1, 0.15) is 5.56 Å². The maximum Gasteiger partial charge on any atom is 0.262 e. The SMILES string of the molecule is CCOc1nc(N2CCCC(C3CCCCN3)C2)ncc1C(=O)Nc1cc(F)c2nc(C)cn2c1. The van der Waals surface area contributed by atoms with E-state index in [-0.39, 0.29) is 17.1 Å². The number of piperidine rings is 2. The first-order valence-corrected chi connectivity index (χ1v) is 12.5. The van der Waals surface area contributed by atoms with Crippen molar-refractivity contribution in [2.45, 2.75) is 52.0 Å². The van der Waals surface area contributed by atoms with Crippen LogP contribution in [-0.2, 0) is 0 Å². The molecule has 3 aromatic heterocycles. The summed E-state index contributed by atoms with van der Waals surface area (Å²) in [5, 5.41) is 6.42. The van der Waals surface area contributed by atoms with Crippen LogP contribution in [0.1, 0.15) is 55.1 Å². The smallest absolute Gasteiger partial charge is 0.262 e. The van der Waals surface area contributed by atoms with Gasteiger partial charge in [0.2, 0.25) is 11.8 Å². The molecule has 5 rings (SSSR count). The van der Waals surface area contributed by atoms with Gasteiger partial charge in [0.15, 0.2) is 11.5 Å². The van der Waals surface area contributed by atoms with Crippen LogP contribution in [0.4, 0.5) is 16.0 Å². The first kappa shape index (κ1) is 23.5. The van der Waals surface area contributed by atoms with E-state index >= 15 is 0 Å². The number of nitrogens with one attached hydrogen (secondary N) is 2. The zero-order valence-electron chi connectivity index (χ0n) is 20.3. The predicted molar refractivity (Wildman–Crippen MR) is 132 cm³/mol. The molecule has 1 amide bonds. The summed E-state index contributed by atoms with van der Waals surface area (Å²) in [7, 11) is 0. The maximum absolute atomic E-state index is 14.4. The van der Waals surface area contributed by atoms with Crippen molar-refractivity contribution in [3.8, 4) is 5.88 Å². The summed E-state index contributed by atoms with van der Waals surface area (Å²) in [6, 6.07) is 1.79. The third-order valence-electron chi connectivity index (χ3n) is 6.81. The van der Waals surface area contributed by atoms with Gasteiger partial charge in [-0.15, -0.1) is 0 Å². The molecule has 0 saturated carbocycles. The van der Waals surface area contributed by atoms with Gasteiger partial charge in [0.05, 0.1) is 18.0 Å². The van der Waals surface area contributed by atoms with E-state index in [0.717, 1.165) is 26.1 Å². The second-order valence-corrected chi connectivity index (χ2v) is 9.37. The van der Waals surface area contributed by atoms with Crippen LogP contribution in [0.2, 0.25) is 0 Å². The van der Waals surface area contributed by atoms with Crippen LogP contribution < -0.4 is 20.3 Å². The third-order valence-corrected chi connectivity index (χ3v) is 6.81. The highest BCUT2D eigenvalue weighted by atomic mass is 19.1. The minimum absolute atomic E-state index is 0.209. The van der Waals surface area contributed by atoms with E-state index in [1.165, 1.54) is 37.9 Å². The molecule has 0 aliphatic carbocycles. The van der Waals surface area contributed by atoms with Crippen molar-refractivity contribution in [2.75, 3.05) is 36.5 Å². The number of aryl methyl sites for hydroxylation is 1. The number of ether oxygens (including phenoxy) is 1. The monoisotopic (exact) mass is 481 g/mol. The van der Waals surface area contributed by atoms with Crippen LogP contribution in [0.5, 0.6) is 5.88 Å². The summed E-state index contributed by atoms with van der Waals surface area (Å²) in [6.07, 6.45) is 10.9. The van der Waals surface area contributed by atoms with Gasteiger partial charge in [0.25, 0.3) is 5.91 Å². The molecule has 186 valence electrons. The molecular weight excluding hydrogens is 449 g/mol. The van der Waals surface area contributed by atoms with E-state index in [0.29, 0.717) is 35.9 Å². The normalized spacial score (nSPS) is 20.7. The number of aromatic nitrogens is 4. The van der Waals surface area contributed by atoms with Crippen LogP contribution in [0.25, 0.3) is 5.65 Å². The van der Waals surface area contributed by atoms with Gasteiger partial charge in [-0.1, -0.05) is 6.42 Å². The van der Waals surface area contributed by atoms with Crippen molar-refractivity contribution >= 4 is 23.2 Å². The quantitative estimate of drug-likeness (QED) is 0.555. The largest absolute Gasteiger partial charge is 0.477 e. The Bertz CT molecular complexity index is 1210. The topological polar surface area (TPSA) is 96.7 Å². The van der Waals surface area contributed by atoms with E-state index in [1.54, 1.807) is 23.7 Å². The molecule has 10 heteroatoms. The Morgan fingerprint density at radius 2 is 2.14 bits per heavy atom. The summed E-state index contributed by atoms with van der Waals surface area (Å²) in [6.45, 7) is 6.85. The predicted octanol–water partition coefficient (Wildman–Crippen LogP) is 3.58. The summed E-state index contributed by atoms with van der Waals surface area (Å²) in [5.74, 6) is 0.390. The van der Waals surface area contributed by atoms with Crippen LogP contribution >= 0.6 is 0 Å². The van der Waals surface area contributed by atoms with E-state index in [2.05, 4.69) is 30.5 Å². The van der Waals surface area contributed by atoms with Gasteiger partial charge in [-0.05, 0) is 52.0 Å². The van der Waals surface area contributed by atoms with Gasteiger partial charge in [-0.2, -0.15) is 4.98 Å². The molecule has 2 aliphatic rings. The first-order valence-electron chi connectivity index (χ1n) is 12.5. The maximum atomic E-state index is 14.4. The molecule has 2 unspecified atom stereocenters. The van der Waals surface area contributed by atoms with Crippen molar-refractivity contribution in [3.63, 3.8) is 0 Å². The lowest BCUT2D eigenvalue weighted by atomic mass is 9.86. The second-order valence-electron chi connectivity index (χ2n) is 9.37. The average molecular weight is 482 g/mol. The van der Waals surface area contributed by atoms with Gasteiger partial charge >= 0.3 is 0 Å². The number of nitrogens with zero attached hydrogens (tertiary/aromatic N) is 5. The summed E-state index contributed by atoms with van der Waals surface area (Å²) in [4.78, 5) is 28.6. The number of amides is 1. The number of pyridine rings is 1. The minimum Gasteiger partial charge on any atom is -0.477 e. The standard InChI is InChI=1S/C25H32FN7O2/c1-3-35-24-19(23(34)30-18-11-20(26)22-29-16(2)13-33(22)15-18)12-28-25(31-24)32-10-6-7-17(14-32)21-8-4-5-9-27-21/h11-13,15,17,21,27H,3-10,14H2,1-2H3,(H,30,34). The lowest BCUT2D eigenvalue weighted by Crippen LogP contribution is -2.48. The Balaban J connectivity index is 1.34. The van der Waals surface area contributed by atoms with Crippen molar-refractivity contribution in [1.82, 2.24) is 24.7 Å². The van der Waals surface area contributed by atoms with Gasteiger partial charge in [-0.25, -0.2) is 14.4 Å². The lowest BCUT2D eigenvalue weighted by molar-refractivity contribution is 0.102. The van der Waals surface area contributed by atoms with E-state index in [9.17, 15) is 9.18 Å². The van der Waals surface area contributed by atoms with Crippen LogP contribution in [0, 0.1) is 18.7 Å². The molecule has 3 aromatic rings. The molecule has 2 fully saturated rings. The molecule has 0 radical (unpaired) electrons. The minimum atomic E-state index is -0.514. The molecule has 35 heavy (non-hydrogen) atoms. The molecule has 2 saturated heterocycles. The summed E-state index contributed by atoms with van der Waals surface area (Å²) in [5.41, 5.74) is 1.42. The number of rotatable bonds is 6. The highest BCUT2D eigenvalue weighted by molar-refractivity contribution is 6.05. The van der Waals surface area contributed by atoms with Gasteiger partial charge < -0.3 is 24.7 Å². The zero-order chi connectivity index (χ0) is 24.4. The Labute approximate surface area is 204 Å². The van der Waals surface area contributed by atoms with Crippen LogP contribution in [-0.4, -0.2) is 57.5 Å². The average Bonchev–Trinajstić information content (AvgIpc) is 3.25. The van der Waals surface area contributed by atoms with Crippen LogP contribution in [0.3, 0.4) is 0 Å². The number of hydrogen-bond donors (Lipinski definition) is 2. The number of carbonyl (C=O) groups is 1. The van der Waals surface area contributed by atoms with Crippen LogP contribution in [0.15, 0.2) is 24.7 Å². The fourth-order valence-corrected chi connectivity index (χ4v) is 5.16. The van der Waals surface area contributed by atoms with Crippen molar-refractivity contribution in [3.05, 3.63) is 41.7 Å². The molecular formula is C25H32FN7O2. The molecule has 2 N–H and O–H groups in total. The fourth-order valence-electron chi connectivity index (χ4n) is 5.16. The molecule has 2 atom stereocenters. The second kappa shape index (κ2) is 10.2. The highest BCUT2D eigenvalue weighted by Crippen LogP contribution is 2.28. The molecule has 0 aromatic carbocycles. The number of hydrogen-bond acceptors (Lipinski definition) is 7. The summed E-state index contributed by atoms with van der Waals surface area (Å²) < 4.78 is 21.7. The third kappa shape index (κ3) is 5.07. The molecule has 9 nitrogen and oxygen atoms in total. The van der Waals surface area contributed by atoms with Crippen molar-refractivity contribution in [2.24, 2.45) is 5.92 Å². The molecule has 0 spiro atoms. The number of imidazole rings is 1. The van der Waals surface area contributed by atoms with Gasteiger partial charge in [0, 0.05) is 43.8 Å². The highest BCUT2D eigenvalue weighted by Gasteiger charge is 2.30. The van der Waals surface area contributed by atoms with Crippen molar-refractivity contribution in [1.29, 1.82) is 0 Å².